The van der Waals surface area contributed by atoms with Gasteiger partial charge in [-0.15, -0.1) is 0 Å². The van der Waals surface area contributed by atoms with E-state index in [1.54, 1.807) is 12.3 Å². The Balaban J connectivity index is 2.20. The summed E-state index contributed by atoms with van der Waals surface area (Å²) in [6.07, 6.45) is 3.41. The number of ether oxygens (including phenoxy) is 1. The first-order chi connectivity index (χ1) is 13.8. The zero-order valence-electron chi connectivity index (χ0n) is 17.4. The summed E-state index contributed by atoms with van der Waals surface area (Å²) in [6.45, 7) is 10.3. The van der Waals surface area contributed by atoms with Gasteiger partial charge in [0.15, 0.2) is 0 Å². The van der Waals surface area contributed by atoms with Crippen LogP contribution in [0.25, 0.3) is 27.7 Å². The number of furan rings is 1. The molecule has 29 heavy (non-hydrogen) atoms. The first-order valence-corrected chi connectivity index (χ1v) is 10.5. The van der Waals surface area contributed by atoms with E-state index in [4.69, 9.17) is 9.15 Å². The molecule has 0 saturated carbocycles. The molecule has 0 radical (unpaired) electrons. The van der Waals surface area contributed by atoms with Crippen LogP contribution >= 0.6 is 15.9 Å². The highest BCUT2D eigenvalue weighted by Gasteiger charge is 2.19. The van der Waals surface area contributed by atoms with Gasteiger partial charge in [-0.25, -0.2) is 0 Å². The quantitative estimate of drug-likeness (QED) is 0.431. The molecule has 4 nitrogen and oxygen atoms in total. The van der Waals surface area contributed by atoms with E-state index in [1.807, 2.05) is 46.8 Å². The number of halogens is 1. The van der Waals surface area contributed by atoms with Crippen molar-refractivity contribution in [1.82, 2.24) is 5.32 Å². The summed E-state index contributed by atoms with van der Waals surface area (Å²) >= 11 is 3.54. The third-order valence-electron chi connectivity index (χ3n) is 4.67. The maximum absolute atomic E-state index is 12.3. The molecule has 0 saturated heterocycles. The Morgan fingerprint density at radius 2 is 2.07 bits per heavy atom. The van der Waals surface area contributed by atoms with Crippen molar-refractivity contribution >= 4 is 38.4 Å². The minimum Gasteiger partial charge on any atom is -0.493 e. The Kier molecular flexibility index (Phi) is 6.48. The van der Waals surface area contributed by atoms with Gasteiger partial charge < -0.3 is 14.5 Å². The minimum atomic E-state index is -0.114. The molecule has 0 aliphatic heterocycles. The molecular weight excluding hydrogens is 430 g/mol. The summed E-state index contributed by atoms with van der Waals surface area (Å²) in [5, 5.41) is 3.90. The van der Waals surface area contributed by atoms with E-state index >= 15 is 0 Å². The van der Waals surface area contributed by atoms with Gasteiger partial charge in [0.1, 0.15) is 11.3 Å². The molecule has 1 N–H and O–H groups in total. The highest BCUT2D eigenvalue weighted by atomic mass is 79.9. The monoisotopic (exact) mass is 455 g/mol. The fourth-order valence-electron chi connectivity index (χ4n) is 3.42. The van der Waals surface area contributed by atoms with Gasteiger partial charge >= 0.3 is 0 Å². The lowest BCUT2D eigenvalue weighted by atomic mass is 9.96. The Morgan fingerprint density at radius 1 is 1.31 bits per heavy atom. The van der Waals surface area contributed by atoms with Gasteiger partial charge in [0.05, 0.1) is 12.9 Å². The molecule has 1 aromatic heterocycles. The van der Waals surface area contributed by atoms with Gasteiger partial charge in [0.25, 0.3) is 0 Å². The number of nitrogens with one attached hydrogen (secondary N) is 1. The lowest BCUT2D eigenvalue weighted by Gasteiger charge is -2.15. The second-order valence-electron chi connectivity index (χ2n) is 7.34. The van der Waals surface area contributed by atoms with Crippen LogP contribution in [0, 0.1) is 6.92 Å². The van der Waals surface area contributed by atoms with Crippen LogP contribution in [0.1, 0.15) is 38.8 Å². The van der Waals surface area contributed by atoms with Crippen LogP contribution in [0.3, 0.4) is 0 Å². The van der Waals surface area contributed by atoms with Crippen molar-refractivity contribution in [2.45, 2.75) is 40.7 Å². The number of carbonyl (C=O) groups is 1. The fraction of sp³-hybridized carbons (Fsp3) is 0.292. The van der Waals surface area contributed by atoms with Crippen molar-refractivity contribution in [3.8, 4) is 16.9 Å². The number of hydrogen-bond donors (Lipinski definition) is 1. The molecule has 0 fully saturated rings. The number of allylic oxidation sites excluding steroid dienone is 1. The number of hydrogen-bond acceptors (Lipinski definition) is 3. The molecule has 0 bridgehead atoms. The summed E-state index contributed by atoms with van der Waals surface area (Å²) in [6, 6.07) is 10.3. The molecule has 0 atom stereocenters. The van der Waals surface area contributed by atoms with Crippen molar-refractivity contribution in [2.24, 2.45) is 0 Å². The molecule has 2 aromatic carbocycles. The normalized spacial score (nSPS) is 11.9. The van der Waals surface area contributed by atoms with Crippen molar-refractivity contribution in [3.63, 3.8) is 0 Å². The largest absolute Gasteiger partial charge is 0.493 e. The zero-order valence-corrected chi connectivity index (χ0v) is 19.0. The third kappa shape index (κ3) is 4.56. The van der Waals surface area contributed by atoms with E-state index < -0.39 is 0 Å². The predicted molar refractivity (Wildman–Crippen MR) is 122 cm³/mol. The van der Waals surface area contributed by atoms with Crippen LogP contribution in [0.15, 0.2) is 51.6 Å². The van der Waals surface area contributed by atoms with E-state index in [1.165, 1.54) is 0 Å². The lowest BCUT2D eigenvalue weighted by Crippen LogP contribution is -2.28. The topological polar surface area (TPSA) is 51.5 Å². The second kappa shape index (κ2) is 8.87. The standard InChI is InChI=1S/C24H26BrNO3/c1-6-28-23-16(5)24-20(12-19(23)15(4)10-22(27)26-14(2)3)21(13-29-24)17-8-7-9-18(25)11-17/h7-14H,6H2,1-5H3,(H,26,27)/b15-10+. The van der Waals surface area contributed by atoms with E-state index in [9.17, 15) is 4.79 Å². The molecule has 3 aromatic rings. The van der Waals surface area contributed by atoms with Crippen molar-refractivity contribution in [2.75, 3.05) is 6.61 Å². The number of benzene rings is 2. The van der Waals surface area contributed by atoms with Gasteiger partial charge in [-0.2, -0.15) is 0 Å². The SMILES string of the molecule is CCOc1c(/C(C)=C/C(=O)NC(C)C)cc2c(-c3cccc(Br)c3)coc2c1C. The molecule has 0 aliphatic rings. The number of aryl methyl sites for hydroxylation is 1. The smallest absolute Gasteiger partial charge is 0.244 e. The molecule has 3 rings (SSSR count). The van der Waals surface area contributed by atoms with Crippen molar-refractivity contribution in [3.05, 3.63) is 58.3 Å². The molecule has 0 spiro atoms. The average molecular weight is 456 g/mol. The third-order valence-corrected chi connectivity index (χ3v) is 5.16. The summed E-state index contributed by atoms with van der Waals surface area (Å²) in [5.41, 5.74) is 5.54. The first-order valence-electron chi connectivity index (χ1n) is 9.74. The summed E-state index contributed by atoms with van der Waals surface area (Å²) in [5.74, 6) is 0.637. The fourth-order valence-corrected chi connectivity index (χ4v) is 3.82. The lowest BCUT2D eigenvalue weighted by molar-refractivity contribution is -0.116. The van der Waals surface area contributed by atoms with Gasteiger partial charge in [-0.3, -0.25) is 4.79 Å². The number of fused-ring (bicyclic) bond motifs is 1. The molecule has 0 aliphatic carbocycles. The van der Waals surface area contributed by atoms with E-state index in [0.29, 0.717) is 6.61 Å². The predicted octanol–water partition coefficient (Wildman–Crippen LogP) is 6.50. The Morgan fingerprint density at radius 3 is 2.72 bits per heavy atom. The molecule has 152 valence electrons. The minimum absolute atomic E-state index is 0.0825. The van der Waals surface area contributed by atoms with Crippen LogP contribution < -0.4 is 10.1 Å². The number of amides is 1. The van der Waals surface area contributed by atoms with Crippen LogP contribution in [0.4, 0.5) is 0 Å². The maximum atomic E-state index is 12.3. The van der Waals surface area contributed by atoms with Crippen LogP contribution in [0.2, 0.25) is 0 Å². The summed E-state index contributed by atoms with van der Waals surface area (Å²) < 4.78 is 12.9. The van der Waals surface area contributed by atoms with Crippen molar-refractivity contribution < 1.29 is 13.9 Å². The Labute approximate surface area is 180 Å². The van der Waals surface area contributed by atoms with Gasteiger partial charge in [-0.1, -0.05) is 28.1 Å². The van der Waals surface area contributed by atoms with Crippen molar-refractivity contribution in [1.29, 1.82) is 0 Å². The van der Waals surface area contributed by atoms with Crippen LogP contribution in [0.5, 0.6) is 5.75 Å². The Bertz CT molecular complexity index is 1080. The van der Waals surface area contributed by atoms with Gasteiger partial charge in [-0.05, 0) is 64.0 Å². The van der Waals surface area contributed by atoms with Gasteiger partial charge in [0.2, 0.25) is 5.91 Å². The summed E-state index contributed by atoms with van der Waals surface area (Å²) in [7, 11) is 0. The molecule has 5 heteroatoms. The van der Waals surface area contributed by atoms with Crippen LogP contribution in [-0.4, -0.2) is 18.6 Å². The average Bonchev–Trinajstić information content (AvgIpc) is 3.07. The highest BCUT2D eigenvalue weighted by molar-refractivity contribution is 9.10. The van der Waals surface area contributed by atoms with Gasteiger partial charge in [0, 0.05) is 38.7 Å². The zero-order chi connectivity index (χ0) is 21.1. The molecular formula is C24H26BrNO3. The van der Waals surface area contributed by atoms with Crippen LogP contribution in [-0.2, 0) is 4.79 Å². The molecule has 1 amide bonds. The number of rotatable bonds is 6. The molecule has 1 heterocycles. The first kappa shape index (κ1) is 21.2. The molecule has 0 unspecified atom stereocenters. The Hall–Kier alpha value is -2.53. The highest BCUT2D eigenvalue weighted by Crippen LogP contribution is 2.41. The maximum Gasteiger partial charge on any atom is 0.244 e. The van der Waals surface area contributed by atoms with E-state index in [2.05, 4.69) is 39.4 Å². The number of carbonyl (C=O) groups excluding carboxylic acids is 1. The summed E-state index contributed by atoms with van der Waals surface area (Å²) in [4.78, 5) is 12.3. The second-order valence-corrected chi connectivity index (χ2v) is 8.25. The van der Waals surface area contributed by atoms with E-state index in [-0.39, 0.29) is 11.9 Å². The van der Waals surface area contributed by atoms with E-state index in [0.717, 1.165) is 49.0 Å².